The van der Waals surface area contributed by atoms with Crippen LogP contribution in [0.15, 0.2) is 30.3 Å². The van der Waals surface area contributed by atoms with Gasteiger partial charge >= 0.3 is 0 Å². The summed E-state index contributed by atoms with van der Waals surface area (Å²) in [6.45, 7) is 0. The van der Waals surface area contributed by atoms with Crippen molar-refractivity contribution in [2.24, 2.45) is 0 Å². The second-order valence-electron chi connectivity index (χ2n) is 2.67. The Morgan fingerprint density at radius 3 is 2.64 bits per heavy atom. The second-order valence-corrected chi connectivity index (χ2v) is 2.67. The van der Waals surface area contributed by atoms with E-state index in [1.54, 1.807) is 18.2 Å². The van der Waals surface area contributed by atoms with Gasteiger partial charge in [0, 0.05) is 11.8 Å². The van der Waals surface area contributed by atoms with Crippen LogP contribution in [-0.2, 0) is 9.63 Å². The zero-order valence-corrected chi connectivity index (χ0v) is 7.86. The zero-order chi connectivity index (χ0) is 10.4. The van der Waals surface area contributed by atoms with Crippen LogP contribution in [0.5, 0.6) is 0 Å². The number of benzene rings is 1. The summed E-state index contributed by atoms with van der Waals surface area (Å²) in [5.41, 5.74) is 9.29. The molecule has 0 atom stereocenters. The van der Waals surface area contributed by atoms with Gasteiger partial charge in [0.2, 0.25) is 0 Å². The summed E-state index contributed by atoms with van der Waals surface area (Å²) in [6, 6.07) is 7.19. The van der Waals surface area contributed by atoms with Gasteiger partial charge in [0.1, 0.15) is 0 Å². The van der Waals surface area contributed by atoms with Gasteiger partial charge in [-0.15, -0.1) is 0 Å². The number of anilines is 1. The van der Waals surface area contributed by atoms with Crippen molar-refractivity contribution >= 4 is 17.7 Å². The molecule has 0 aromatic heterocycles. The van der Waals surface area contributed by atoms with E-state index in [0.717, 1.165) is 5.56 Å². The molecule has 0 aliphatic heterocycles. The Kier molecular flexibility index (Phi) is 3.69. The summed E-state index contributed by atoms with van der Waals surface area (Å²) in [5.74, 6) is -0.302. The average Bonchev–Trinajstić information content (AvgIpc) is 2.17. The van der Waals surface area contributed by atoms with E-state index in [2.05, 4.69) is 10.3 Å². The molecule has 0 spiro atoms. The summed E-state index contributed by atoms with van der Waals surface area (Å²) in [7, 11) is 1.38. The number of hydrogen-bond donors (Lipinski definition) is 2. The van der Waals surface area contributed by atoms with Crippen LogP contribution in [0.3, 0.4) is 0 Å². The quantitative estimate of drug-likeness (QED) is 0.426. The maximum absolute atomic E-state index is 10.9. The van der Waals surface area contributed by atoms with Crippen LogP contribution in [0.25, 0.3) is 6.08 Å². The van der Waals surface area contributed by atoms with Crippen molar-refractivity contribution in [3.63, 3.8) is 0 Å². The first kappa shape index (κ1) is 10.3. The lowest BCUT2D eigenvalue weighted by molar-refractivity contribution is -0.126. The molecule has 0 radical (unpaired) electrons. The van der Waals surface area contributed by atoms with E-state index in [1.807, 2.05) is 12.1 Å². The summed E-state index contributed by atoms with van der Waals surface area (Å²) < 4.78 is 0. The molecule has 0 unspecified atom stereocenters. The van der Waals surface area contributed by atoms with Crippen LogP contribution < -0.4 is 11.2 Å². The highest BCUT2D eigenvalue weighted by Crippen LogP contribution is 2.06. The highest BCUT2D eigenvalue weighted by molar-refractivity contribution is 5.90. The lowest BCUT2D eigenvalue weighted by Gasteiger charge is -1.96. The van der Waals surface area contributed by atoms with Gasteiger partial charge in [-0.1, -0.05) is 12.1 Å². The molecule has 1 aromatic rings. The predicted molar refractivity (Wildman–Crippen MR) is 55.0 cm³/mol. The molecule has 1 aromatic carbocycles. The van der Waals surface area contributed by atoms with E-state index >= 15 is 0 Å². The number of nitrogens with one attached hydrogen (secondary N) is 1. The standard InChI is InChI=1S/C10H12N2O2/c1-14-12-10(13)7-4-8-2-5-9(11)6-3-8/h2-7H,11H2,1H3,(H,12,13)/b7-4+. The molecule has 4 nitrogen and oxygen atoms in total. The first-order valence-corrected chi connectivity index (χ1v) is 4.09. The normalized spacial score (nSPS) is 10.4. The molecule has 0 saturated heterocycles. The molecule has 14 heavy (non-hydrogen) atoms. The molecule has 74 valence electrons. The molecule has 0 aliphatic carbocycles. The number of carbonyl (C=O) groups excluding carboxylic acids is 1. The van der Waals surface area contributed by atoms with Gasteiger partial charge in [-0.05, 0) is 23.8 Å². The molecular formula is C10H12N2O2. The fourth-order valence-corrected chi connectivity index (χ4v) is 0.914. The fourth-order valence-electron chi connectivity index (χ4n) is 0.914. The second kappa shape index (κ2) is 5.04. The van der Waals surface area contributed by atoms with Crippen LogP contribution in [0, 0.1) is 0 Å². The Morgan fingerprint density at radius 2 is 2.07 bits per heavy atom. The first-order valence-electron chi connectivity index (χ1n) is 4.09. The van der Waals surface area contributed by atoms with Crippen LogP contribution in [0.4, 0.5) is 5.69 Å². The molecule has 0 fully saturated rings. The van der Waals surface area contributed by atoms with Gasteiger partial charge in [0.05, 0.1) is 7.11 Å². The van der Waals surface area contributed by atoms with Gasteiger partial charge in [0.15, 0.2) is 0 Å². The summed E-state index contributed by atoms with van der Waals surface area (Å²) >= 11 is 0. The molecule has 0 saturated carbocycles. The number of amides is 1. The Morgan fingerprint density at radius 1 is 1.43 bits per heavy atom. The van der Waals surface area contributed by atoms with Gasteiger partial charge in [-0.25, -0.2) is 5.48 Å². The Bertz CT molecular complexity index is 330. The maximum atomic E-state index is 10.9. The number of nitrogen functional groups attached to an aromatic ring is 1. The fraction of sp³-hybridized carbons (Fsp3) is 0.100. The van der Waals surface area contributed by atoms with Gasteiger partial charge < -0.3 is 5.73 Å². The molecule has 3 N–H and O–H groups in total. The molecule has 1 amide bonds. The minimum atomic E-state index is -0.302. The van der Waals surface area contributed by atoms with Gasteiger partial charge in [-0.3, -0.25) is 9.63 Å². The minimum Gasteiger partial charge on any atom is -0.399 e. The van der Waals surface area contributed by atoms with Crippen molar-refractivity contribution < 1.29 is 9.63 Å². The third-order valence-corrected chi connectivity index (χ3v) is 1.57. The van der Waals surface area contributed by atoms with Crippen molar-refractivity contribution in [3.8, 4) is 0 Å². The number of carbonyl (C=O) groups is 1. The van der Waals surface area contributed by atoms with Crippen molar-refractivity contribution in [1.82, 2.24) is 5.48 Å². The summed E-state index contributed by atoms with van der Waals surface area (Å²) in [6.07, 6.45) is 3.06. The van der Waals surface area contributed by atoms with E-state index in [0.29, 0.717) is 5.69 Å². The van der Waals surface area contributed by atoms with E-state index in [1.165, 1.54) is 13.2 Å². The van der Waals surface area contributed by atoms with Gasteiger partial charge in [0.25, 0.3) is 5.91 Å². The van der Waals surface area contributed by atoms with Crippen LogP contribution in [-0.4, -0.2) is 13.0 Å². The number of rotatable bonds is 3. The van der Waals surface area contributed by atoms with E-state index in [-0.39, 0.29) is 5.91 Å². The molecule has 0 aliphatic rings. The maximum Gasteiger partial charge on any atom is 0.267 e. The van der Waals surface area contributed by atoms with Crippen molar-refractivity contribution in [2.75, 3.05) is 12.8 Å². The summed E-state index contributed by atoms with van der Waals surface area (Å²) in [5, 5.41) is 0. The third-order valence-electron chi connectivity index (χ3n) is 1.57. The average molecular weight is 192 g/mol. The summed E-state index contributed by atoms with van der Waals surface area (Å²) in [4.78, 5) is 15.4. The molecule has 0 bridgehead atoms. The first-order chi connectivity index (χ1) is 6.72. The monoisotopic (exact) mass is 192 g/mol. The SMILES string of the molecule is CONC(=O)/C=C/c1ccc(N)cc1. The van der Waals surface area contributed by atoms with E-state index in [4.69, 9.17) is 5.73 Å². The number of hydroxylamine groups is 1. The molecular weight excluding hydrogens is 180 g/mol. The van der Waals surface area contributed by atoms with Crippen molar-refractivity contribution in [3.05, 3.63) is 35.9 Å². The smallest absolute Gasteiger partial charge is 0.267 e. The van der Waals surface area contributed by atoms with Crippen molar-refractivity contribution in [2.45, 2.75) is 0 Å². The van der Waals surface area contributed by atoms with Crippen molar-refractivity contribution in [1.29, 1.82) is 0 Å². The highest BCUT2D eigenvalue weighted by atomic mass is 16.6. The third kappa shape index (κ3) is 3.28. The lowest BCUT2D eigenvalue weighted by Crippen LogP contribution is -2.18. The van der Waals surface area contributed by atoms with Crippen LogP contribution in [0.2, 0.25) is 0 Å². The molecule has 1 rings (SSSR count). The number of hydrogen-bond acceptors (Lipinski definition) is 3. The largest absolute Gasteiger partial charge is 0.399 e. The van der Waals surface area contributed by atoms with Gasteiger partial charge in [-0.2, -0.15) is 0 Å². The molecule has 4 heteroatoms. The van der Waals surface area contributed by atoms with E-state index < -0.39 is 0 Å². The Hall–Kier alpha value is -1.81. The predicted octanol–water partition coefficient (Wildman–Crippen LogP) is 0.960. The Labute approximate surface area is 82.3 Å². The Balaban J connectivity index is 2.60. The zero-order valence-electron chi connectivity index (χ0n) is 7.86. The highest BCUT2D eigenvalue weighted by Gasteiger charge is 1.92. The number of nitrogens with two attached hydrogens (primary N) is 1. The van der Waals surface area contributed by atoms with Crippen LogP contribution >= 0.6 is 0 Å². The minimum absolute atomic E-state index is 0.302. The molecule has 0 heterocycles. The lowest BCUT2D eigenvalue weighted by atomic mass is 10.2. The van der Waals surface area contributed by atoms with Crippen LogP contribution in [0.1, 0.15) is 5.56 Å². The topological polar surface area (TPSA) is 64.3 Å². The van der Waals surface area contributed by atoms with E-state index in [9.17, 15) is 4.79 Å².